The first-order valence-corrected chi connectivity index (χ1v) is 3.58. The lowest BCUT2D eigenvalue weighted by molar-refractivity contribution is -0.190. The summed E-state index contributed by atoms with van der Waals surface area (Å²) in [6.45, 7) is 3.35. The van der Waals surface area contributed by atoms with Gasteiger partial charge < -0.3 is 14.6 Å². The highest BCUT2D eigenvalue weighted by Gasteiger charge is 2.26. The van der Waals surface area contributed by atoms with Gasteiger partial charge in [0.1, 0.15) is 0 Å². The maximum atomic E-state index is 9.12. The van der Waals surface area contributed by atoms with Gasteiger partial charge in [0.2, 0.25) is 0 Å². The summed E-state index contributed by atoms with van der Waals surface area (Å²) in [6.07, 6.45) is 0.154. The van der Waals surface area contributed by atoms with Crippen molar-refractivity contribution in [1.82, 2.24) is 0 Å². The molecule has 4 nitrogen and oxygen atoms in total. The quantitative estimate of drug-likeness (QED) is 0.584. The summed E-state index contributed by atoms with van der Waals surface area (Å²) in [6, 6.07) is 0. The maximum Gasteiger partial charge on any atom is 0.159 e. The molecular weight excluding hydrogens is 146 g/mol. The minimum absolute atomic E-state index is 0.0363. The van der Waals surface area contributed by atoms with E-state index >= 15 is 0 Å². The van der Waals surface area contributed by atoms with Gasteiger partial charge in [-0.1, -0.05) is 0 Å². The first-order valence-electron chi connectivity index (χ1n) is 3.58. The number of nitrogens with zero attached hydrogens (tertiary/aromatic N) is 1. The second kappa shape index (κ2) is 3.80. The van der Waals surface area contributed by atoms with Crippen LogP contribution in [-0.4, -0.2) is 37.6 Å². The average Bonchev–Trinajstić information content (AvgIpc) is 2.03. The Balaban J connectivity index is 2.43. The first kappa shape index (κ1) is 8.64. The molecule has 1 fully saturated rings. The molecule has 1 saturated heterocycles. The molecule has 64 valence electrons. The van der Waals surface area contributed by atoms with Gasteiger partial charge in [0.15, 0.2) is 12.5 Å². The van der Waals surface area contributed by atoms with E-state index in [1.54, 1.807) is 7.11 Å². The highest BCUT2D eigenvalue weighted by molar-refractivity contribution is 5.23. The van der Waals surface area contributed by atoms with E-state index in [-0.39, 0.29) is 12.3 Å². The van der Waals surface area contributed by atoms with Crippen molar-refractivity contribution >= 4 is 6.72 Å². The number of hydrogen-bond donors (Lipinski definition) is 1. The van der Waals surface area contributed by atoms with Gasteiger partial charge in [-0.05, 0) is 6.72 Å². The molecule has 1 heterocycles. The van der Waals surface area contributed by atoms with Crippen LogP contribution in [-0.2, 0) is 9.47 Å². The van der Waals surface area contributed by atoms with E-state index in [9.17, 15) is 0 Å². The predicted octanol–water partition coefficient (Wildman–Crippen LogP) is 0.157. The summed E-state index contributed by atoms with van der Waals surface area (Å²) < 4.78 is 10.1. The zero-order valence-electron chi connectivity index (χ0n) is 6.56. The van der Waals surface area contributed by atoms with Gasteiger partial charge in [-0.2, -0.15) is 0 Å². The molecule has 0 bridgehead atoms. The zero-order chi connectivity index (χ0) is 8.27. The summed E-state index contributed by atoms with van der Waals surface area (Å²) in [7, 11) is 1.61. The molecule has 1 aliphatic heterocycles. The largest absolute Gasteiger partial charge is 0.381 e. The number of aliphatic imine (C=N–C) groups is 1. The fraction of sp³-hybridized carbons (Fsp3) is 0.857. The highest BCUT2D eigenvalue weighted by Crippen LogP contribution is 2.20. The number of hydrogen-bond acceptors (Lipinski definition) is 4. The molecule has 1 rings (SSSR count). The fourth-order valence-corrected chi connectivity index (χ4v) is 1.15. The number of methoxy groups -OCH3 is 1. The predicted molar refractivity (Wildman–Crippen MR) is 40.5 cm³/mol. The molecular formula is C7H13NO3. The normalized spacial score (nSPS) is 38.5. The van der Waals surface area contributed by atoms with Gasteiger partial charge in [-0.25, -0.2) is 0 Å². The van der Waals surface area contributed by atoms with Crippen molar-refractivity contribution in [1.29, 1.82) is 0 Å². The third kappa shape index (κ3) is 2.25. The van der Waals surface area contributed by atoms with Crippen LogP contribution in [0.3, 0.4) is 0 Å². The summed E-state index contributed by atoms with van der Waals surface area (Å²) in [5.41, 5.74) is 0. The molecule has 0 saturated carbocycles. The van der Waals surface area contributed by atoms with E-state index < -0.39 is 6.29 Å². The fourth-order valence-electron chi connectivity index (χ4n) is 1.15. The van der Waals surface area contributed by atoms with Crippen LogP contribution in [0, 0.1) is 0 Å². The number of aliphatic hydroxyl groups excluding tert-OH is 1. The van der Waals surface area contributed by atoms with Crippen molar-refractivity contribution in [3.05, 3.63) is 0 Å². The molecule has 1 aliphatic rings. The van der Waals surface area contributed by atoms with E-state index in [2.05, 4.69) is 11.7 Å². The van der Waals surface area contributed by atoms with Crippen LogP contribution >= 0.6 is 0 Å². The van der Waals surface area contributed by atoms with E-state index in [0.29, 0.717) is 12.8 Å². The van der Waals surface area contributed by atoms with Crippen molar-refractivity contribution < 1.29 is 14.6 Å². The Morgan fingerprint density at radius 3 is 2.91 bits per heavy atom. The highest BCUT2D eigenvalue weighted by atomic mass is 16.6. The Kier molecular flexibility index (Phi) is 2.99. The summed E-state index contributed by atoms with van der Waals surface area (Å²) >= 11 is 0. The Bertz CT molecular complexity index is 140. The summed E-state index contributed by atoms with van der Waals surface area (Å²) in [5, 5.41) is 9.12. The third-order valence-corrected chi connectivity index (χ3v) is 1.78. The van der Waals surface area contributed by atoms with Gasteiger partial charge in [0.05, 0.1) is 6.10 Å². The minimum atomic E-state index is -0.760. The molecule has 0 aliphatic carbocycles. The molecule has 3 unspecified atom stereocenters. The molecule has 0 aromatic heterocycles. The Hall–Kier alpha value is -0.450. The molecule has 0 aromatic carbocycles. The first-order chi connectivity index (χ1) is 5.26. The minimum Gasteiger partial charge on any atom is -0.381 e. The molecule has 0 amide bonds. The molecule has 1 N–H and O–H groups in total. The molecule has 4 heteroatoms. The topological polar surface area (TPSA) is 51.0 Å². The summed E-state index contributed by atoms with van der Waals surface area (Å²) in [5.74, 6) is 0. The van der Waals surface area contributed by atoms with Crippen LogP contribution in [0.1, 0.15) is 12.8 Å². The van der Waals surface area contributed by atoms with Crippen LogP contribution in [0.5, 0.6) is 0 Å². The second-order valence-electron chi connectivity index (χ2n) is 2.56. The Morgan fingerprint density at radius 1 is 1.64 bits per heavy atom. The van der Waals surface area contributed by atoms with Crippen LogP contribution in [0.15, 0.2) is 4.99 Å². The van der Waals surface area contributed by atoms with E-state index in [4.69, 9.17) is 14.6 Å². The van der Waals surface area contributed by atoms with Crippen molar-refractivity contribution in [2.24, 2.45) is 4.99 Å². The maximum absolute atomic E-state index is 9.12. The van der Waals surface area contributed by atoms with Gasteiger partial charge in [-0.3, -0.25) is 4.99 Å². The summed E-state index contributed by atoms with van der Waals surface area (Å²) in [4.78, 5) is 3.68. The zero-order valence-corrected chi connectivity index (χ0v) is 6.56. The van der Waals surface area contributed by atoms with Crippen molar-refractivity contribution in [2.45, 2.75) is 31.5 Å². The van der Waals surface area contributed by atoms with Crippen molar-refractivity contribution in [3.63, 3.8) is 0 Å². The van der Waals surface area contributed by atoms with E-state index in [1.165, 1.54) is 0 Å². The third-order valence-electron chi connectivity index (χ3n) is 1.78. The standard InChI is InChI=1S/C7H13NO3/c1-8-6-3-5(10-2)4-7(9)11-6/h5-7,9H,1,3-4H2,2H3. The lowest BCUT2D eigenvalue weighted by Gasteiger charge is -2.29. The van der Waals surface area contributed by atoms with Crippen molar-refractivity contribution in [2.75, 3.05) is 7.11 Å². The van der Waals surface area contributed by atoms with Gasteiger partial charge in [0.25, 0.3) is 0 Å². The van der Waals surface area contributed by atoms with Crippen molar-refractivity contribution in [3.8, 4) is 0 Å². The molecule has 11 heavy (non-hydrogen) atoms. The van der Waals surface area contributed by atoms with E-state index in [0.717, 1.165) is 0 Å². The van der Waals surface area contributed by atoms with Gasteiger partial charge in [0, 0.05) is 20.0 Å². The van der Waals surface area contributed by atoms with E-state index in [1.807, 2.05) is 0 Å². The molecule has 3 atom stereocenters. The van der Waals surface area contributed by atoms with Crippen LogP contribution in [0.25, 0.3) is 0 Å². The average molecular weight is 159 g/mol. The molecule has 0 aromatic rings. The lowest BCUT2D eigenvalue weighted by Crippen LogP contribution is -2.35. The molecule has 0 radical (unpaired) electrons. The van der Waals surface area contributed by atoms with Crippen LogP contribution < -0.4 is 0 Å². The Labute approximate surface area is 65.8 Å². The second-order valence-corrected chi connectivity index (χ2v) is 2.56. The number of aliphatic hydroxyl groups is 1. The van der Waals surface area contributed by atoms with Crippen LogP contribution in [0.2, 0.25) is 0 Å². The molecule has 0 spiro atoms. The monoisotopic (exact) mass is 159 g/mol. The van der Waals surface area contributed by atoms with Gasteiger partial charge in [-0.15, -0.1) is 0 Å². The number of ether oxygens (including phenoxy) is 2. The number of rotatable bonds is 2. The SMILES string of the molecule is C=NC1CC(OC)CC(O)O1. The Morgan fingerprint density at radius 2 is 2.36 bits per heavy atom. The smallest absolute Gasteiger partial charge is 0.159 e. The lowest BCUT2D eigenvalue weighted by atomic mass is 10.1. The van der Waals surface area contributed by atoms with Crippen LogP contribution in [0.4, 0.5) is 0 Å². The van der Waals surface area contributed by atoms with Gasteiger partial charge >= 0.3 is 0 Å².